The molecule has 1 aliphatic heterocycles. The zero-order chi connectivity index (χ0) is 17.0. The summed E-state index contributed by atoms with van der Waals surface area (Å²) in [5.74, 6) is 0.0599. The molecule has 0 radical (unpaired) electrons. The molecule has 0 aliphatic carbocycles. The van der Waals surface area contributed by atoms with E-state index < -0.39 is 6.04 Å². The molecule has 2 rings (SSSR count). The molecule has 1 aromatic carbocycles. The second-order valence-electron chi connectivity index (χ2n) is 6.21. The van der Waals surface area contributed by atoms with Gasteiger partial charge in [0.25, 0.3) is 0 Å². The van der Waals surface area contributed by atoms with Crippen LogP contribution in [0.2, 0.25) is 0 Å². The van der Waals surface area contributed by atoms with Gasteiger partial charge in [-0.25, -0.2) is 0 Å². The third-order valence-corrected chi connectivity index (χ3v) is 4.29. The molecule has 1 aliphatic rings. The van der Waals surface area contributed by atoms with Gasteiger partial charge in [-0.15, -0.1) is 0 Å². The van der Waals surface area contributed by atoms with Gasteiger partial charge >= 0.3 is 19.5 Å². The van der Waals surface area contributed by atoms with Crippen molar-refractivity contribution in [3.8, 4) is 0 Å². The van der Waals surface area contributed by atoms with Crippen molar-refractivity contribution in [1.82, 2.24) is 20.9 Å². The van der Waals surface area contributed by atoms with E-state index in [0.717, 1.165) is 45.7 Å². The van der Waals surface area contributed by atoms with Crippen molar-refractivity contribution in [2.24, 2.45) is 5.73 Å². The van der Waals surface area contributed by atoms with Gasteiger partial charge in [-0.05, 0) is 18.4 Å². The van der Waals surface area contributed by atoms with Crippen molar-refractivity contribution >= 4 is 5.91 Å². The van der Waals surface area contributed by atoms with Crippen molar-refractivity contribution in [3.63, 3.8) is 0 Å². The molecule has 26 heavy (non-hydrogen) atoms. The predicted octanol–water partition coefficient (Wildman–Crippen LogP) is -1.27. The Morgan fingerprint density at radius 3 is 2.00 bits per heavy atom. The Kier molecular flexibility index (Phi) is 14.7. The Labute approximate surface area is 169 Å². The molecule has 1 saturated heterocycles. The van der Waals surface area contributed by atoms with Crippen molar-refractivity contribution in [3.05, 3.63) is 35.9 Å². The molecule has 7 nitrogen and oxygen atoms in total. The van der Waals surface area contributed by atoms with Crippen LogP contribution >= 0.6 is 0 Å². The normalized spacial score (nSPS) is 17.7. The zero-order valence-electron chi connectivity index (χ0n) is 15.7. The number of carbonyl (C=O) groups excluding carboxylic acids is 1. The summed E-state index contributed by atoms with van der Waals surface area (Å²) < 4.78 is 0. The first-order chi connectivity index (χ1) is 11.8. The summed E-state index contributed by atoms with van der Waals surface area (Å²) in [5, 5.41) is 10.1. The number of carbonyl (C=O) groups is 1. The van der Waals surface area contributed by atoms with Gasteiger partial charge in [0, 0.05) is 52.4 Å². The maximum Gasteiger partial charge on any atom is 2.00 e. The molecule has 0 aromatic heterocycles. The summed E-state index contributed by atoms with van der Waals surface area (Å²) in [5.41, 5.74) is 7.40. The van der Waals surface area contributed by atoms with Crippen LogP contribution in [0.25, 0.3) is 0 Å². The monoisotopic (exact) mass is 415 g/mol. The van der Waals surface area contributed by atoms with Crippen LogP contribution in [-0.4, -0.2) is 74.7 Å². The Morgan fingerprint density at radius 1 is 0.962 bits per heavy atom. The molecule has 1 fully saturated rings. The van der Waals surface area contributed by atoms with E-state index in [1.165, 1.54) is 5.56 Å². The van der Waals surface area contributed by atoms with Gasteiger partial charge in [-0.3, -0.25) is 4.79 Å². The van der Waals surface area contributed by atoms with Gasteiger partial charge in [0.15, 0.2) is 0 Å². The minimum absolute atomic E-state index is 0. The van der Waals surface area contributed by atoms with E-state index in [1.807, 2.05) is 23.1 Å². The second kappa shape index (κ2) is 15.2. The van der Waals surface area contributed by atoms with Gasteiger partial charge in [0.1, 0.15) is 0 Å². The Morgan fingerprint density at radius 2 is 1.46 bits per heavy atom. The minimum Gasteiger partial charge on any atom is -0.412 e. The molecule has 1 heterocycles. The Balaban J connectivity index is 0.00000312. The molecule has 0 spiro atoms. The van der Waals surface area contributed by atoms with Crippen LogP contribution in [0, 0.1) is 0 Å². The van der Waals surface area contributed by atoms with Crippen LogP contribution in [0.5, 0.6) is 0 Å². The van der Waals surface area contributed by atoms with Crippen LogP contribution in [0.1, 0.15) is 12.0 Å². The molecule has 0 bridgehead atoms. The average molecular weight is 417 g/mol. The molecule has 8 heteroatoms. The maximum atomic E-state index is 12.7. The van der Waals surface area contributed by atoms with Crippen LogP contribution in [-0.2, 0) is 30.7 Å². The third kappa shape index (κ3) is 9.71. The topological polar surface area (TPSA) is 114 Å². The molecule has 1 amide bonds. The SMILES string of the molecule is N[C@@H](CCc1ccccc1)C(=O)N1CCNCCNCCNCC1.O.[Zn+2]. The van der Waals surface area contributed by atoms with E-state index in [2.05, 4.69) is 28.1 Å². The standard InChI is InChI=1S/C18H31N5O.H2O.Zn/c19-17(7-6-16-4-2-1-3-5-16)18(24)23-14-12-21-10-8-20-9-11-22-13-15-23;;/h1-5,17,20-22H,6-15,19H2;1H2;/q;;+2/t17-;;/m0../s1. The molecule has 142 valence electrons. The maximum absolute atomic E-state index is 12.7. The van der Waals surface area contributed by atoms with Crippen molar-refractivity contribution in [2.45, 2.75) is 18.9 Å². The minimum atomic E-state index is -0.431. The molecule has 0 saturated carbocycles. The third-order valence-electron chi connectivity index (χ3n) is 4.29. The van der Waals surface area contributed by atoms with Crippen LogP contribution in [0.4, 0.5) is 0 Å². The number of nitrogens with one attached hydrogen (secondary N) is 3. The molecular weight excluding hydrogens is 384 g/mol. The predicted molar refractivity (Wildman–Crippen MR) is 102 cm³/mol. The van der Waals surface area contributed by atoms with E-state index in [0.29, 0.717) is 19.5 Å². The first-order valence-corrected chi connectivity index (χ1v) is 8.98. The smallest absolute Gasteiger partial charge is 0.412 e. The number of hydrogen-bond donors (Lipinski definition) is 4. The number of hydrogen-bond acceptors (Lipinski definition) is 5. The first kappa shape index (κ1) is 25.1. The largest absolute Gasteiger partial charge is 2.00 e. The van der Waals surface area contributed by atoms with Gasteiger partial charge in [0.05, 0.1) is 6.04 Å². The van der Waals surface area contributed by atoms with Crippen LogP contribution in [0.15, 0.2) is 30.3 Å². The van der Waals surface area contributed by atoms with Crippen LogP contribution < -0.4 is 21.7 Å². The molecule has 7 N–H and O–H groups in total. The number of nitrogens with zero attached hydrogens (tertiary/aromatic N) is 1. The fraction of sp³-hybridized carbons (Fsp3) is 0.611. The van der Waals surface area contributed by atoms with Crippen molar-refractivity contribution < 1.29 is 29.7 Å². The summed E-state index contributed by atoms with van der Waals surface area (Å²) in [7, 11) is 0. The van der Waals surface area contributed by atoms with Gasteiger partial charge < -0.3 is 32.1 Å². The van der Waals surface area contributed by atoms with Crippen LogP contribution in [0.3, 0.4) is 0 Å². The summed E-state index contributed by atoms with van der Waals surface area (Å²) in [4.78, 5) is 14.6. The van der Waals surface area contributed by atoms with E-state index in [-0.39, 0.29) is 30.9 Å². The Hall–Kier alpha value is -0.887. The van der Waals surface area contributed by atoms with E-state index in [4.69, 9.17) is 5.73 Å². The fourth-order valence-corrected chi connectivity index (χ4v) is 2.81. The number of rotatable bonds is 4. The zero-order valence-corrected chi connectivity index (χ0v) is 18.6. The quantitative estimate of drug-likeness (QED) is 0.457. The summed E-state index contributed by atoms with van der Waals surface area (Å²) in [6, 6.07) is 9.77. The van der Waals surface area contributed by atoms with E-state index in [1.54, 1.807) is 0 Å². The molecule has 0 unspecified atom stereocenters. The molecular formula is C18H33N5O2Zn+2. The van der Waals surface area contributed by atoms with Crippen molar-refractivity contribution in [1.29, 1.82) is 0 Å². The summed E-state index contributed by atoms with van der Waals surface area (Å²) in [6.07, 6.45) is 1.52. The van der Waals surface area contributed by atoms with Gasteiger partial charge in [-0.2, -0.15) is 0 Å². The number of benzene rings is 1. The number of amides is 1. The summed E-state index contributed by atoms with van der Waals surface area (Å²) in [6.45, 7) is 6.76. The first-order valence-electron chi connectivity index (χ1n) is 8.98. The molecule has 1 atom stereocenters. The van der Waals surface area contributed by atoms with Crippen molar-refractivity contribution in [2.75, 3.05) is 52.4 Å². The van der Waals surface area contributed by atoms with E-state index in [9.17, 15) is 4.79 Å². The average Bonchev–Trinajstić information content (AvgIpc) is 2.60. The Bertz CT molecular complexity index is 466. The van der Waals surface area contributed by atoms with E-state index >= 15 is 0 Å². The summed E-state index contributed by atoms with van der Waals surface area (Å²) >= 11 is 0. The number of aryl methyl sites for hydroxylation is 1. The molecule has 1 aromatic rings. The second-order valence-corrected chi connectivity index (χ2v) is 6.21. The van der Waals surface area contributed by atoms with Gasteiger partial charge in [-0.1, -0.05) is 30.3 Å². The fourth-order valence-electron chi connectivity index (χ4n) is 2.81. The van der Waals surface area contributed by atoms with Gasteiger partial charge in [0.2, 0.25) is 5.91 Å². The number of nitrogens with two attached hydrogens (primary N) is 1.